The molecule has 3 heterocycles. The molecule has 186 valence electrons. The summed E-state index contributed by atoms with van der Waals surface area (Å²) in [6.45, 7) is 0. The van der Waals surface area contributed by atoms with Crippen molar-refractivity contribution in [3.8, 4) is 33.9 Å². The van der Waals surface area contributed by atoms with Gasteiger partial charge in [0.2, 0.25) is 0 Å². The molecule has 5 aromatic carbocycles. The molecule has 0 aliphatic heterocycles. The summed E-state index contributed by atoms with van der Waals surface area (Å²) in [4.78, 5) is 19.6. The van der Waals surface area contributed by atoms with Crippen molar-refractivity contribution in [3.63, 3.8) is 0 Å². The lowest BCUT2D eigenvalue weighted by Gasteiger charge is -2.12. The van der Waals surface area contributed by atoms with Gasteiger partial charge in [-0.2, -0.15) is 0 Å². The maximum Gasteiger partial charge on any atom is 0.179 e. The normalized spacial score (nSPS) is 11.5. The Bertz CT molecular complexity index is 2210. The van der Waals surface area contributed by atoms with Crippen LogP contribution in [0.3, 0.4) is 0 Å². The zero-order valence-electron chi connectivity index (χ0n) is 21.5. The summed E-state index contributed by atoms with van der Waals surface area (Å²) < 4.78 is 0. The lowest BCUT2D eigenvalue weighted by molar-refractivity contribution is 1.18. The Morgan fingerprint density at radius 3 is 2.17 bits per heavy atom. The standard InChI is InChI=1S/C36H22N4/c1-2-9-25-21-26(15-14-23(25)7-1)34-31-18-16-24-8-3-4-10-29(24)35(31)40-36(39-34)33-19-17-27(22-38-33)28-11-5-13-32-30(28)12-6-20-37-32/h1-22H. The van der Waals surface area contributed by atoms with Gasteiger partial charge in [-0.15, -0.1) is 0 Å². The minimum atomic E-state index is 0.609. The zero-order valence-corrected chi connectivity index (χ0v) is 21.5. The average Bonchev–Trinajstić information content (AvgIpc) is 3.03. The fourth-order valence-corrected chi connectivity index (χ4v) is 5.58. The number of hydrogen-bond donors (Lipinski definition) is 0. The third-order valence-corrected chi connectivity index (χ3v) is 7.56. The summed E-state index contributed by atoms with van der Waals surface area (Å²) in [5.74, 6) is 0.609. The molecule has 3 aromatic heterocycles. The molecule has 0 aliphatic rings. The zero-order chi connectivity index (χ0) is 26.5. The first kappa shape index (κ1) is 22.5. The molecule has 0 amide bonds. The lowest BCUT2D eigenvalue weighted by Crippen LogP contribution is -1.97. The molecule has 0 atom stereocenters. The smallest absolute Gasteiger partial charge is 0.179 e. The van der Waals surface area contributed by atoms with E-state index < -0.39 is 0 Å². The SMILES string of the molecule is c1ccc2cc(-c3nc(-c4ccc(-c5cccc6ncccc56)cn4)nc4c3ccc3ccccc34)ccc2c1. The summed E-state index contributed by atoms with van der Waals surface area (Å²) >= 11 is 0. The number of benzene rings is 5. The third kappa shape index (κ3) is 3.69. The highest BCUT2D eigenvalue weighted by Crippen LogP contribution is 2.35. The minimum Gasteiger partial charge on any atom is -0.256 e. The van der Waals surface area contributed by atoms with Gasteiger partial charge in [-0.05, 0) is 52.1 Å². The number of rotatable bonds is 3. The first-order valence-corrected chi connectivity index (χ1v) is 13.3. The van der Waals surface area contributed by atoms with E-state index >= 15 is 0 Å². The molecule has 0 unspecified atom stereocenters. The van der Waals surface area contributed by atoms with E-state index in [1.54, 1.807) is 0 Å². The van der Waals surface area contributed by atoms with Crippen LogP contribution in [0.4, 0.5) is 0 Å². The van der Waals surface area contributed by atoms with Crippen molar-refractivity contribution < 1.29 is 0 Å². The molecule has 40 heavy (non-hydrogen) atoms. The van der Waals surface area contributed by atoms with Crippen molar-refractivity contribution in [2.45, 2.75) is 0 Å². The van der Waals surface area contributed by atoms with Crippen molar-refractivity contribution in [1.82, 2.24) is 19.9 Å². The van der Waals surface area contributed by atoms with E-state index in [2.05, 4.69) is 102 Å². The van der Waals surface area contributed by atoms with Gasteiger partial charge in [0.1, 0.15) is 5.69 Å². The van der Waals surface area contributed by atoms with Crippen molar-refractivity contribution in [3.05, 3.63) is 134 Å². The second-order valence-corrected chi connectivity index (χ2v) is 9.95. The van der Waals surface area contributed by atoms with Crippen LogP contribution >= 0.6 is 0 Å². The summed E-state index contributed by atoms with van der Waals surface area (Å²) in [5.41, 5.74) is 6.73. The van der Waals surface area contributed by atoms with Gasteiger partial charge in [-0.3, -0.25) is 9.97 Å². The molecule has 0 spiro atoms. The van der Waals surface area contributed by atoms with Gasteiger partial charge in [0, 0.05) is 39.7 Å². The van der Waals surface area contributed by atoms with E-state index in [-0.39, 0.29) is 0 Å². The van der Waals surface area contributed by atoms with Crippen LogP contribution < -0.4 is 0 Å². The van der Waals surface area contributed by atoms with E-state index in [0.29, 0.717) is 5.82 Å². The Morgan fingerprint density at radius 1 is 0.475 bits per heavy atom. The van der Waals surface area contributed by atoms with Crippen LogP contribution in [0.25, 0.3) is 77.3 Å². The molecule has 4 nitrogen and oxygen atoms in total. The fourth-order valence-electron chi connectivity index (χ4n) is 5.58. The van der Waals surface area contributed by atoms with E-state index in [1.807, 2.05) is 36.7 Å². The quantitative estimate of drug-likeness (QED) is 0.223. The van der Waals surface area contributed by atoms with Crippen molar-refractivity contribution in [2.24, 2.45) is 0 Å². The van der Waals surface area contributed by atoms with E-state index in [9.17, 15) is 0 Å². The van der Waals surface area contributed by atoms with Gasteiger partial charge in [-0.25, -0.2) is 9.97 Å². The largest absolute Gasteiger partial charge is 0.256 e. The average molecular weight is 511 g/mol. The Morgan fingerprint density at radius 2 is 1.27 bits per heavy atom. The first-order chi connectivity index (χ1) is 19.8. The maximum absolute atomic E-state index is 5.12. The van der Waals surface area contributed by atoms with Gasteiger partial charge in [-0.1, -0.05) is 91.0 Å². The second-order valence-electron chi connectivity index (χ2n) is 9.95. The van der Waals surface area contributed by atoms with Crippen LogP contribution in [0.15, 0.2) is 134 Å². The van der Waals surface area contributed by atoms with E-state index in [1.165, 1.54) is 10.8 Å². The molecule has 0 bridgehead atoms. The predicted octanol–water partition coefficient (Wildman–Crippen LogP) is 8.88. The van der Waals surface area contributed by atoms with Gasteiger partial charge < -0.3 is 0 Å². The monoisotopic (exact) mass is 510 g/mol. The first-order valence-electron chi connectivity index (χ1n) is 13.3. The number of fused-ring (bicyclic) bond motifs is 5. The van der Waals surface area contributed by atoms with Gasteiger partial charge >= 0.3 is 0 Å². The predicted molar refractivity (Wildman–Crippen MR) is 164 cm³/mol. The summed E-state index contributed by atoms with van der Waals surface area (Å²) in [6, 6.07) is 41.9. The Labute approximate surface area is 230 Å². The third-order valence-electron chi connectivity index (χ3n) is 7.56. The van der Waals surface area contributed by atoms with Gasteiger partial charge in [0.25, 0.3) is 0 Å². The highest BCUT2D eigenvalue weighted by molar-refractivity contribution is 6.10. The second kappa shape index (κ2) is 9.07. The molecule has 0 saturated carbocycles. The molecular weight excluding hydrogens is 488 g/mol. The number of hydrogen-bond acceptors (Lipinski definition) is 4. The van der Waals surface area contributed by atoms with Crippen molar-refractivity contribution in [1.29, 1.82) is 0 Å². The molecule has 8 rings (SSSR count). The highest BCUT2D eigenvalue weighted by Gasteiger charge is 2.15. The molecule has 0 aliphatic carbocycles. The molecule has 0 radical (unpaired) electrons. The fraction of sp³-hybridized carbons (Fsp3) is 0. The van der Waals surface area contributed by atoms with Crippen LogP contribution in [0.2, 0.25) is 0 Å². The van der Waals surface area contributed by atoms with Crippen LogP contribution in [0.5, 0.6) is 0 Å². The number of aromatic nitrogens is 4. The Balaban J connectivity index is 1.33. The molecule has 0 saturated heterocycles. The highest BCUT2D eigenvalue weighted by atomic mass is 14.9. The van der Waals surface area contributed by atoms with E-state index in [0.717, 1.165) is 60.7 Å². The van der Waals surface area contributed by atoms with Crippen molar-refractivity contribution >= 4 is 43.4 Å². The number of nitrogens with zero attached hydrogens (tertiary/aromatic N) is 4. The minimum absolute atomic E-state index is 0.609. The molecule has 0 N–H and O–H groups in total. The van der Waals surface area contributed by atoms with Crippen LogP contribution in [-0.2, 0) is 0 Å². The molecule has 8 aromatic rings. The lowest BCUT2D eigenvalue weighted by atomic mass is 9.99. The Kier molecular flexibility index (Phi) is 5.10. The topological polar surface area (TPSA) is 51.6 Å². The number of pyridine rings is 2. The van der Waals surface area contributed by atoms with E-state index in [4.69, 9.17) is 15.0 Å². The maximum atomic E-state index is 5.12. The molecule has 4 heteroatoms. The van der Waals surface area contributed by atoms with Crippen LogP contribution in [-0.4, -0.2) is 19.9 Å². The summed E-state index contributed by atoms with van der Waals surface area (Å²) in [7, 11) is 0. The van der Waals surface area contributed by atoms with Gasteiger partial charge in [0.05, 0.1) is 16.7 Å². The van der Waals surface area contributed by atoms with Crippen molar-refractivity contribution in [2.75, 3.05) is 0 Å². The summed E-state index contributed by atoms with van der Waals surface area (Å²) in [5, 5.41) is 6.77. The molecule has 0 fully saturated rings. The molecular formula is C36H22N4. The summed E-state index contributed by atoms with van der Waals surface area (Å²) in [6.07, 6.45) is 3.73. The van der Waals surface area contributed by atoms with Gasteiger partial charge in [0.15, 0.2) is 5.82 Å². The van der Waals surface area contributed by atoms with Crippen LogP contribution in [0, 0.1) is 0 Å². The van der Waals surface area contributed by atoms with Crippen LogP contribution in [0.1, 0.15) is 0 Å². The Hall–Kier alpha value is -5.48.